The number of nitrogens with one attached hydrogen (secondary N) is 1. The Kier molecular flexibility index (Phi) is 4.95. The van der Waals surface area contributed by atoms with Gasteiger partial charge in [-0.25, -0.2) is 0 Å². The second kappa shape index (κ2) is 7.37. The van der Waals surface area contributed by atoms with Crippen LogP contribution in [0.2, 0.25) is 0 Å². The molecule has 0 spiro atoms. The number of aliphatic hydroxyl groups is 2. The number of fused-ring (bicyclic) bond motifs is 3. The molecule has 3 atom stereocenters. The quantitative estimate of drug-likeness (QED) is 0.431. The van der Waals surface area contributed by atoms with E-state index in [1.165, 1.54) is 0 Å². The van der Waals surface area contributed by atoms with Crippen LogP contribution < -0.4 is 5.32 Å². The van der Waals surface area contributed by atoms with Gasteiger partial charge in [-0.2, -0.15) is 0 Å². The second-order valence-electron chi connectivity index (χ2n) is 8.34. The van der Waals surface area contributed by atoms with E-state index < -0.39 is 40.7 Å². The summed E-state index contributed by atoms with van der Waals surface area (Å²) >= 11 is 0. The van der Waals surface area contributed by atoms with Gasteiger partial charge < -0.3 is 20.6 Å². The largest absolute Gasteiger partial charge is 0.511 e. The van der Waals surface area contributed by atoms with Crippen molar-refractivity contribution in [3.63, 3.8) is 0 Å². The molecule has 4 rings (SSSR count). The van der Waals surface area contributed by atoms with Crippen LogP contribution in [0.1, 0.15) is 44.2 Å². The van der Waals surface area contributed by atoms with E-state index in [1.807, 2.05) is 0 Å². The van der Waals surface area contributed by atoms with Gasteiger partial charge in [-0.05, 0) is 43.2 Å². The molecule has 162 valence electrons. The van der Waals surface area contributed by atoms with Gasteiger partial charge in [-0.15, -0.1) is 0 Å². The number of benzene rings is 1. The summed E-state index contributed by atoms with van der Waals surface area (Å²) in [5.41, 5.74) is 0.552. The van der Waals surface area contributed by atoms with Gasteiger partial charge in [0.25, 0.3) is 0 Å². The van der Waals surface area contributed by atoms with E-state index in [0.717, 1.165) is 6.92 Å². The van der Waals surface area contributed by atoms with Gasteiger partial charge >= 0.3 is 0 Å². The van der Waals surface area contributed by atoms with Crippen molar-refractivity contribution in [3.05, 3.63) is 40.2 Å². The van der Waals surface area contributed by atoms with Crippen LogP contribution in [-0.2, 0) is 25.6 Å². The number of rotatable bonds is 3. The van der Waals surface area contributed by atoms with Gasteiger partial charge in [-0.1, -0.05) is 13.0 Å². The summed E-state index contributed by atoms with van der Waals surface area (Å²) < 4.78 is 0. The first-order valence-electron chi connectivity index (χ1n) is 10.2. The number of carbonyl (C=O) groups is 4. The summed E-state index contributed by atoms with van der Waals surface area (Å²) in [6, 6.07) is 3.23. The minimum atomic E-state index is -1.07. The van der Waals surface area contributed by atoms with Crippen LogP contribution in [0.15, 0.2) is 29.0 Å². The monoisotopic (exact) mass is 425 g/mol. The molecular weight excluding hydrogens is 402 g/mol. The van der Waals surface area contributed by atoms with Crippen molar-refractivity contribution in [2.24, 2.45) is 17.8 Å². The van der Waals surface area contributed by atoms with E-state index in [4.69, 9.17) is 0 Å². The van der Waals surface area contributed by atoms with Gasteiger partial charge in [0.15, 0.2) is 17.3 Å². The average molecular weight is 425 g/mol. The zero-order valence-electron chi connectivity index (χ0n) is 17.2. The SMILES string of the molecule is CCC(=O)Nc1ccc2c(c1O)C(O)=C1C(=O)C3C(O)=C(C(C)=O)C(=O)CC3CC1C2. The Bertz CT molecular complexity index is 1110. The Hall–Kier alpha value is -3.42. The lowest BCUT2D eigenvalue weighted by Gasteiger charge is -2.41. The van der Waals surface area contributed by atoms with Crippen LogP contribution in [0.5, 0.6) is 5.75 Å². The number of phenols is 1. The summed E-state index contributed by atoms with van der Waals surface area (Å²) in [6.07, 6.45) is 0.929. The molecule has 8 heteroatoms. The van der Waals surface area contributed by atoms with Crippen molar-refractivity contribution in [2.75, 3.05) is 5.32 Å². The lowest BCUT2D eigenvalue weighted by molar-refractivity contribution is -0.127. The molecule has 1 amide bonds. The highest BCUT2D eigenvalue weighted by Gasteiger charge is 2.50. The second-order valence-corrected chi connectivity index (χ2v) is 8.34. The van der Waals surface area contributed by atoms with Crippen molar-refractivity contribution >= 4 is 34.7 Å². The normalized spacial score (nSPS) is 25.0. The molecule has 3 aliphatic rings. The first-order chi connectivity index (χ1) is 14.6. The highest BCUT2D eigenvalue weighted by atomic mass is 16.3. The molecule has 0 heterocycles. The Labute approximate surface area is 178 Å². The molecule has 4 N–H and O–H groups in total. The number of Topliss-reactive ketones (excluding diaryl/α,β-unsaturated/α-hetero) is 3. The van der Waals surface area contributed by atoms with E-state index in [1.54, 1.807) is 19.1 Å². The number of hydrogen-bond donors (Lipinski definition) is 4. The Morgan fingerprint density at radius 2 is 1.84 bits per heavy atom. The molecule has 1 saturated carbocycles. The van der Waals surface area contributed by atoms with Crippen LogP contribution in [0.4, 0.5) is 5.69 Å². The fraction of sp³-hybridized carbons (Fsp3) is 0.391. The summed E-state index contributed by atoms with van der Waals surface area (Å²) in [5.74, 6) is -5.10. The molecule has 0 saturated heterocycles. The smallest absolute Gasteiger partial charge is 0.224 e. The Morgan fingerprint density at radius 3 is 2.48 bits per heavy atom. The Balaban J connectivity index is 1.82. The molecule has 8 nitrogen and oxygen atoms in total. The number of phenolic OH excluding ortho intramolecular Hbond substituents is 1. The molecular formula is C23H23NO7. The first-order valence-corrected chi connectivity index (χ1v) is 10.2. The number of anilines is 1. The molecule has 0 aromatic heterocycles. The molecule has 0 aliphatic heterocycles. The Morgan fingerprint density at radius 1 is 1.13 bits per heavy atom. The van der Waals surface area contributed by atoms with Crippen LogP contribution in [0.25, 0.3) is 5.76 Å². The summed E-state index contributed by atoms with van der Waals surface area (Å²) in [5, 5.41) is 34.8. The van der Waals surface area contributed by atoms with E-state index >= 15 is 0 Å². The van der Waals surface area contributed by atoms with Crippen molar-refractivity contribution in [3.8, 4) is 5.75 Å². The van der Waals surface area contributed by atoms with Crippen molar-refractivity contribution < 1.29 is 34.5 Å². The molecule has 0 bridgehead atoms. The van der Waals surface area contributed by atoms with Crippen LogP contribution in [0.3, 0.4) is 0 Å². The van der Waals surface area contributed by atoms with E-state index in [2.05, 4.69) is 5.32 Å². The van der Waals surface area contributed by atoms with Crippen LogP contribution in [-0.4, -0.2) is 38.6 Å². The summed E-state index contributed by atoms with van der Waals surface area (Å²) in [4.78, 5) is 49.2. The molecule has 31 heavy (non-hydrogen) atoms. The lowest BCUT2D eigenvalue weighted by Crippen LogP contribution is -2.43. The van der Waals surface area contributed by atoms with Gasteiger partial charge in [0, 0.05) is 18.4 Å². The number of amides is 1. The molecule has 0 radical (unpaired) electrons. The zero-order valence-corrected chi connectivity index (χ0v) is 17.2. The number of aliphatic hydroxyl groups excluding tert-OH is 2. The maximum Gasteiger partial charge on any atom is 0.224 e. The van der Waals surface area contributed by atoms with Gasteiger partial charge in [-0.3, -0.25) is 19.2 Å². The number of carbonyl (C=O) groups excluding carboxylic acids is 4. The number of ketones is 3. The predicted octanol–water partition coefficient (Wildman–Crippen LogP) is 2.76. The lowest BCUT2D eigenvalue weighted by atomic mass is 9.61. The third-order valence-corrected chi connectivity index (χ3v) is 6.46. The van der Waals surface area contributed by atoms with Crippen molar-refractivity contribution in [1.29, 1.82) is 0 Å². The zero-order chi connectivity index (χ0) is 22.6. The fourth-order valence-electron chi connectivity index (χ4n) is 5.07. The van der Waals surface area contributed by atoms with Gasteiger partial charge in [0.1, 0.15) is 17.3 Å². The number of hydrogen-bond acceptors (Lipinski definition) is 7. The van der Waals surface area contributed by atoms with Crippen molar-refractivity contribution in [1.82, 2.24) is 0 Å². The van der Waals surface area contributed by atoms with Gasteiger partial charge in [0.05, 0.1) is 22.7 Å². The van der Waals surface area contributed by atoms with Crippen LogP contribution >= 0.6 is 0 Å². The van der Waals surface area contributed by atoms with Crippen LogP contribution in [0, 0.1) is 17.8 Å². The summed E-state index contributed by atoms with van der Waals surface area (Å²) in [7, 11) is 0. The van der Waals surface area contributed by atoms with E-state index in [9.17, 15) is 34.5 Å². The molecule has 3 aliphatic carbocycles. The maximum atomic E-state index is 13.3. The molecule has 1 aromatic carbocycles. The fourth-order valence-corrected chi connectivity index (χ4v) is 5.07. The average Bonchev–Trinajstić information content (AvgIpc) is 2.68. The van der Waals surface area contributed by atoms with Gasteiger partial charge in [0.2, 0.25) is 5.91 Å². The minimum Gasteiger partial charge on any atom is -0.511 e. The van der Waals surface area contributed by atoms with E-state index in [-0.39, 0.29) is 52.8 Å². The number of aromatic hydroxyl groups is 1. The predicted molar refractivity (Wildman–Crippen MR) is 110 cm³/mol. The number of allylic oxidation sites excluding steroid dienone is 3. The standard InChI is InChI=1S/C23H23NO7/c1-3-15(27)24-13-5-4-10-6-11-7-12-8-14(26)16(9(2)25)21(29)19(12)23(31)18(11)22(30)17(10)20(13)28/h4-5,11-12,19,28-30H,3,6-8H2,1-2H3,(H,24,27). The van der Waals surface area contributed by atoms with Crippen molar-refractivity contribution in [2.45, 2.75) is 39.5 Å². The third kappa shape index (κ3) is 3.13. The van der Waals surface area contributed by atoms with E-state index in [0.29, 0.717) is 18.4 Å². The third-order valence-electron chi connectivity index (χ3n) is 6.46. The maximum absolute atomic E-state index is 13.3. The highest BCUT2D eigenvalue weighted by molar-refractivity contribution is 6.22. The molecule has 3 unspecified atom stereocenters. The minimum absolute atomic E-state index is 0.0139. The molecule has 1 aromatic rings. The topological polar surface area (TPSA) is 141 Å². The molecule has 1 fully saturated rings. The first kappa shape index (κ1) is 20.8. The summed E-state index contributed by atoms with van der Waals surface area (Å²) in [6.45, 7) is 2.83. The highest BCUT2D eigenvalue weighted by Crippen LogP contribution is 2.50.